The summed E-state index contributed by atoms with van der Waals surface area (Å²) in [5.41, 5.74) is -2.97. The number of benzene rings is 2. The molecule has 230 valence electrons. The Morgan fingerprint density at radius 1 is 0.905 bits per heavy atom. The molecule has 1 aliphatic carbocycles. The topological polar surface area (TPSA) is 54.0 Å². The molecule has 0 amide bonds. The Morgan fingerprint density at radius 3 is 2.05 bits per heavy atom. The van der Waals surface area contributed by atoms with Gasteiger partial charge in [-0.15, -0.1) is 6.58 Å². The van der Waals surface area contributed by atoms with Gasteiger partial charge in [-0.1, -0.05) is 6.08 Å². The van der Waals surface area contributed by atoms with Crippen LogP contribution < -0.4 is 9.47 Å². The maximum absolute atomic E-state index is 15.0. The molecule has 0 unspecified atom stereocenters. The molecule has 1 saturated carbocycles. The van der Waals surface area contributed by atoms with E-state index >= 15 is 0 Å². The zero-order valence-corrected chi connectivity index (χ0v) is 22.2. The van der Waals surface area contributed by atoms with Gasteiger partial charge in [-0.05, 0) is 50.7 Å². The lowest BCUT2D eigenvalue weighted by Gasteiger charge is -2.39. The van der Waals surface area contributed by atoms with E-state index in [4.69, 9.17) is 9.47 Å². The molecule has 0 N–H and O–H groups in total. The maximum atomic E-state index is 15.0. The summed E-state index contributed by atoms with van der Waals surface area (Å²) in [4.78, 5) is 12.3. The highest BCUT2D eigenvalue weighted by atomic mass is 19.4. The molecular formula is C29H28F8O5. The van der Waals surface area contributed by atoms with Crippen molar-refractivity contribution in [1.82, 2.24) is 0 Å². The number of hydrogen-bond donors (Lipinski definition) is 0. The van der Waals surface area contributed by atoms with Crippen molar-refractivity contribution < 1.29 is 58.9 Å². The van der Waals surface area contributed by atoms with Crippen molar-refractivity contribution in [3.63, 3.8) is 0 Å². The van der Waals surface area contributed by atoms with Crippen LogP contribution in [0.2, 0.25) is 0 Å². The second-order valence-electron chi connectivity index (χ2n) is 10.3. The molecule has 0 atom stereocenters. The number of carbonyl (C=O) groups is 1. The molecule has 0 aromatic heterocycles. The van der Waals surface area contributed by atoms with Crippen LogP contribution in [-0.2, 0) is 15.7 Å². The first-order chi connectivity index (χ1) is 19.8. The van der Waals surface area contributed by atoms with Gasteiger partial charge in [0, 0.05) is 30.0 Å². The molecule has 1 heterocycles. The third kappa shape index (κ3) is 7.60. The van der Waals surface area contributed by atoms with E-state index in [0.717, 1.165) is 12.8 Å². The van der Waals surface area contributed by atoms with Crippen LogP contribution in [0.1, 0.15) is 54.4 Å². The monoisotopic (exact) mass is 608 g/mol. The minimum atomic E-state index is -5.02. The molecule has 2 aromatic rings. The Kier molecular flexibility index (Phi) is 9.81. The normalized spacial score (nSPS) is 23.3. The first-order valence-corrected chi connectivity index (χ1v) is 13.3. The van der Waals surface area contributed by atoms with Crippen LogP contribution in [0.25, 0.3) is 0 Å². The summed E-state index contributed by atoms with van der Waals surface area (Å²) in [6, 6.07) is 1.81. The van der Waals surface area contributed by atoms with Crippen LogP contribution in [0.4, 0.5) is 35.1 Å². The predicted molar refractivity (Wildman–Crippen MR) is 132 cm³/mol. The van der Waals surface area contributed by atoms with Gasteiger partial charge in [0.25, 0.3) is 0 Å². The Morgan fingerprint density at radius 2 is 1.50 bits per heavy atom. The molecule has 1 saturated heterocycles. The highest BCUT2D eigenvalue weighted by Gasteiger charge is 2.46. The van der Waals surface area contributed by atoms with Gasteiger partial charge in [0.1, 0.15) is 34.5 Å². The number of hydrogen-bond acceptors (Lipinski definition) is 5. The number of carbonyl (C=O) groups excluding carboxylic acids is 1. The number of rotatable bonds is 9. The van der Waals surface area contributed by atoms with Crippen LogP contribution >= 0.6 is 0 Å². The molecule has 13 heteroatoms. The SMILES string of the molecule is C=CCCC1COC(C2CCC(C(F)(F)Oc3cc(F)c(C(=O)Oc4ccc(C(F)(F)F)c(F)c4)c(F)c3)CC2)OC1. The number of halogens is 8. The molecule has 4 rings (SSSR count). The van der Waals surface area contributed by atoms with Crippen molar-refractivity contribution in [2.24, 2.45) is 17.8 Å². The van der Waals surface area contributed by atoms with Gasteiger partial charge in [0.05, 0.1) is 24.7 Å². The fraction of sp³-hybridized carbons (Fsp3) is 0.483. The van der Waals surface area contributed by atoms with Crippen molar-refractivity contribution in [3.05, 3.63) is 71.6 Å². The van der Waals surface area contributed by atoms with Gasteiger partial charge < -0.3 is 18.9 Å². The first kappa shape index (κ1) is 31.7. The number of alkyl halides is 5. The van der Waals surface area contributed by atoms with E-state index in [1.54, 1.807) is 0 Å². The zero-order valence-electron chi connectivity index (χ0n) is 22.2. The minimum Gasteiger partial charge on any atom is -0.432 e. The summed E-state index contributed by atoms with van der Waals surface area (Å²) in [6.45, 7) is 4.71. The average Bonchev–Trinajstić information content (AvgIpc) is 2.91. The van der Waals surface area contributed by atoms with Crippen molar-refractivity contribution in [1.29, 1.82) is 0 Å². The summed E-state index contributed by atoms with van der Waals surface area (Å²) in [7, 11) is 0. The molecule has 0 spiro atoms. The summed E-state index contributed by atoms with van der Waals surface area (Å²) in [5, 5.41) is 0. The molecular weight excluding hydrogens is 580 g/mol. The smallest absolute Gasteiger partial charge is 0.419 e. The van der Waals surface area contributed by atoms with Crippen molar-refractivity contribution >= 4 is 5.97 Å². The zero-order chi connectivity index (χ0) is 30.7. The average molecular weight is 609 g/mol. The molecule has 1 aliphatic heterocycles. The minimum absolute atomic E-state index is 0.0415. The Labute approximate surface area is 236 Å². The molecule has 0 radical (unpaired) electrons. The van der Waals surface area contributed by atoms with Gasteiger partial charge in [-0.2, -0.15) is 22.0 Å². The molecule has 42 heavy (non-hydrogen) atoms. The third-order valence-corrected chi connectivity index (χ3v) is 7.33. The van der Waals surface area contributed by atoms with Crippen molar-refractivity contribution in [3.8, 4) is 11.5 Å². The quantitative estimate of drug-likeness (QED) is 0.125. The molecule has 0 bridgehead atoms. The highest BCUT2D eigenvalue weighted by Crippen LogP contribution is 2.42. The molecule has 2 fully saturated rings. The lowest BCUT2D eigenvalue weighted by Crippen LogP contribution is -2.42. The van der Waals surface area contributed by atoms with Gasteiger partial charge in [0.2, 0.25) is 0 Å². The fourth-order valence-corrected chi connectivity index (χ4v) is 5.07. The lowest BCUT2D eigenvalue weighted by molar-refractivity contribution is -0.247. The largest absolute Gasteiger partial charge is 0.432 e. The predicted octanol–water partition coefficient (Wildman–Crippen LogP) is 8.08. The van der Waals surface area contributed by atoms with Crippen LogP contribution in [0.5, 0.6) is 11.5 Å². The molecule has 2 aromatic carbocycles. The van der Waals surface area contributed by atoms with Crippen LogP contribution in [0.3, 0.4) is 0 Å². The van der Waals surface area contributed by atoms with Gasteiger partial charge in [-0.25, -0.2) is 18.0 Å². The van der Waals surface area contributed by atoms with E-state index in [1.165, 1.54) is 0 Å². The third-order valence-electron chi connectivity index (χ3n) is 7.33. The lowest BCUT2D eigenvalue weighted by atomic mass is 9.80. The first-order valence-electron chi connectivity index (χ1n) is 13.3. The second kappa shape index (κ2) is 13.0. The van der Waals surface area contributed by atoms with Crippen LogP contribution in [0.15, 0.2) is 43.0 Å². The van der Waals surface area contributed by atoms with Crippen molar-refractivity contribution in [2.45, 2.75) is 57.1 Å². The van der Waals surface area contributed by atoms with E-state index in [2.05, 4.69) is 16.1 Å². The van der Waals surface area contributed by atoms with Crippen LogP contribution in [-0.4, -0.2) is 31.6 Å². The number of allylic oxidation sites excluding steroid dienone is 1. The summed E-state index contributed by atoms with van der Waals surface area (Å²) < 4.78 is 132. The second-order valence-corrected chi connectivity index (χ2v) is 10.3. The standard InChI is InChI=1S/C29H28F8O5/c1-2-3-4-16-14-39-27(40-15-16)17-5-7-18(8-6-17)29(36,37)42-20-12-23(31)25(24(32)13-20)26(38)41-19-9-10-21(22(30)11-19)28(33,34)35/h2,9-13,16-18,27H,1,3-8,14-15H2. The highest BCUT2D eigenvalue weighted by molar-refractivity contribution is 5.91. The maximum Gasteiger partial charge on any atom is 0.419 e. The molecule has 5 nitrogen and oxygen atoms in total. The van der Waals surface area contributed by atoms with E-state index in [1.807, 2.05) is 6.08 Å². The summed E-state index contributed by atoms with van der Waals surface area (Å²) in [6.07, 6.45) is -4.95. The Balaban J connectivity index is 1.34. The number of esters is 1. The van der Waals surface area contributed by atoms with E-state index in [9.17, 15) is 39.9 Å². The fourth-order valence-electron chi connectivity index (χ4n) is 5.07. The summed E-state index contributed by atoms with van der Waals surface area (Å²) in [5.74, 6) is -9.50. The van der Waals surface area contributed by atoms with E-state index in [-0.39, 0.29) is 36.8 Å². The van der Waals surface area contributed by atoms with Gasteiger partial charge >= 0.3 is 18.3 Å². The summed E-state index contributed by atoms with van der Waals surface area (Å²) >= 11 is 0. The van der Waals surface area contributed by atoms with E-state index in [0.29, 0.717) is 44.3 Å². The van der Waals surface area contributed by atoms with E-state index < -0.39 is 70.5 Å². The molecule has 2 aliphatic rings. The van der Waals surface area contributed by atoms with Crippen LogP contribution in [0, 0.1) is 35.2 Å². The van der Waals surface area contributed by atoms with Gasteiger partial charge in [0.15, 0.2) is 6.29 Å². The Bertz CT molecular complexity index is 1240. The van der Waals surface area contributed by atoms with Gasteiger partial charge in [-0.3, -0.25) is 0 Å². The number of ether oxygens (including phenoxy) is 4. The van der Waals surface area contributed by atoms with Crippen molar-refractivity contribution in [2.75, 3.05) is 13.2 Å². The Hall–Kier alpha value is -3.19.